The van der Waals surface area contributed by atoms with E-state index in [-0.39, 0.29) is 12.5 Å². The van der Waals surface area contributed by atoms with Crippen LogP contribution >= 0.6 is 0 Å². The molecular formula is C62H119NO8. The van der Waals surface area contributed by atoms with Crippen molar-refractivity contribution in [2.75, 3.05) is 13.2 Å². The van der Waals surface area contributed by atoms with Crippen molar-refractivity contribution < 1.29 is 39.8 Å². The molecule has 0 aromatic heterocycles. The molecule has 0 aromatic carbocycles. The number of aliphatic hydroxyl groups excluding tert-OH is 5. The number of ether oxygens (including phenoxy) is 2. The second kappa shape index (κ2) is 52.1. The van der Waals surface area contributed by atoms with E-state index in [2.05, 4.69) is 31.3 Å². The maximum atomic E-state index is 13.1. The van der Waals surface area contributed by atoms with E-state index in [1.807, 2.05) is 6.08 Å². The molecule has 0 spiro atoms. The second-order valence-corrected chi connectivity index (χ2v) is 21.9. The first-order valence-electron chi connectivity index (χ1n) is 31.1. The third kappa shape index (κ3) is 41.6. The standard InChI is InChI=1S/C62H119NO8/c1-3-5-7-9-11-13-15-17-19-21-23-25-27-28-29-30-31-33-35-37-39-41-43-45-47-49-51-56(65)55(54-70-62-61(69)60(68)59(67)57(53-64)71-62)63-58(66)52-50-48-46-44-42-40-38-36-34-32-26-24-22-20-18-16-14-12-10-8-6-4-2/h41,43,49,51,55-57,59-62,64-65,67-69H,3-40,42,44-48,50,52-54H2,1-2H3,(H,63,66)/b43-41+,51-49+. The normalized spacial score (nSPS) is 19.3. The van der Waals surface area contributed by atoms with Gasteiger partial charge >= 0.3 is 0 Å². The fourth-order valence-electron chi connectivity index (χ4n) is 10.1. The molecule has 1 amide bonds. The van der Waals surface area contributed by atoms with Gasteiger partial charge in [0.25, 0.3) is 0 Å². The largest absolute Gasteiger partial charge is 0.394 e. The Hall–Kier alpha value is -1.33. The topological polar surface area (TPSA) is 149 Å². The summed E-state index contributed by atoms with van der Waals surface area (Å²) in [7, 11) is 0. The summed E-state index contributed by atoms with van der Waals surface area (Å²) in [4.78, 5) is 13.1. The lowest BCUT2D eigenvalue weighted by Crippen LogP contribution is -2.60. The number of carbonyl (C=O) groups excluding carboxylic acids is 1. The van der Waals surface area contributed by atoms with Crippen molar-refractivity contribution in [1.82, 2.24) is 5.32 Å². The Morgan fingerprint density at radius 3 is 1.18 bits per heavy atom. The van der Waals surface area contributed by atoms with E-state index in [9.17, 15) is 30.3 Å². The first-order valence-corrected chi connectivity index (χ1v) is 31.1. The first kappa shape index (κ1) is 67.7. The van der Waals surface area contributed by atoms with Crippen molar-refractivity contribution >= 4 is 5.91 Å². The van der Waals surface area contributed by atoms with Crippen LogP contribution in [-0.4, -0.2) is 87.5 Å². The molecule has 0 aliphatic carbocycles. The van der Waals surface area contributed by atoms with Crippen molar-refractivity contribution in [3.05, 3.63) is 24.3 Å². The maximum Gasteiger partial charge on any atom is 0.220 e. The average Bonchev–Trinajstić information content (AvgIpc) is 3.37. The number of rotatable bonds is 54. The second-order valence-electron chi connectivity index (χ2n) is 21.9. The summed E-state index contributed by atoms with van der Waals surface area (Å²) < 4.78 is 11.3. The number of nitrogens with one attached hydrogen (secondary N) is 1. The van der Waals surface area contributed by atoms with Crippen LogP contribution in [0.15, 0.2) is 24.3 Å². The summed E-state index contributed by atoms with van der Waals surface area (Å²) >= 11 is 0. The van der Waals surface area contributed by atoms with Gasteiger partial charge in [-0.15, -0.1) is 0 Å². The van der Waals surface area contributed by atoms with Gasteiger partial charge in [-0.3, -0.25) is 4.79 Å². The van der Waals surface area contributed by atoms with Gasteiger partial charge in [0, 0.05) is 6.42 Å². The molecule has 7 unspecified atom stereocenters. The number of aliphatic hydroxyl groups is 5. The zero-order valence-electron chi connectivity index (χ0n) is 46.8. The van der Waals surface area contributed by atoms with Gasteiger partial charge in [-0.2, -0.15) is 0 Å². The predicted molar refractivity (Wildman–Crippen MR) is 300 cm³/mol. The molecule has 1 aliphatic heterocycles. The summed E-state index contributed by atoms with van der Waals surface area (Å²) in [5.74, 6) is -0.180. The molecule has 1 fully saturated rings. The van der Waals surface area contributed by atoms with Gasteiger partial charge < -0.3 is 40.3 Å². The van der Waals surface area contributed by atoms with E-state index in [0.29, 0.717) is 6.42 Å². The molecule has 0 radical (unpaired) electrons. The maximum absolute atomic E-state index is 13.1. The van der Waals surface area contributed by atoms with Gasteiger partial charge in [0.1, 0.15) is 24.4 Å². The lowest BCUT2D eigenvalue weighted by Gasteiger charge is -2.40. The Balaban J connectivity index is 2.21. The highest BCUT2D eigenvalue weighted by Crippen LogP contribution is 2.23. The van der Waals surface area contributed by atoms with Gasteiger partial charge in [0.05, 0.1) is 25.4 Å². The van der Waals surface area contributed by atoms with E-state index in [4.69, 9.17) is 9.47 Å². The fraction of sp³-hybridized carbons (Fsp3) is 0.919. The number of carbonyl (C=O) groups is 1. The summed E-state index contributed by atoms with van der Waals surface area (Å²) in [6.07, 6.45) is 59.8. The molecule has 0 bridgehead atoms. The van der Waals surface area contributed by atoms with Crippen LogP contribution in [0.25, 0.3) is 0 Å². The van der Waals surface area contributed by atoms with Crippen LogP contribution < -0.4 is 5.32 Å². The van der Waals surface area contributed by atoms with Crippen molar-refractivity contribution in [3.63, 3.8) is 0 Å². The third-order valence-electron chi connectivity index (χ3n) is 15.0. The van der Waals surface area contributed by atoms with Crippen LogP contribution in [0.1, 0.15) is 309 Å². The number of amides is 1. The van der Waals surface area contributed by atoms with Gasteiger partial charge in [0.15, 0.2) is 6.29 Å². The van der Waals surface area contributed by atoms with Crippen LogP contribution in [0.3, 0.4) is 0 Å². The smallest absolute Gasteiger partial charge is 0.220 e. The molecule has 1 heterocycles. The van der Waals surface area contributed by atoms with Gasteiger partial charge in [-0.25, -0.2) is 0 Å². The molecule has 420 valence electrons. The molecular weight excluding hydrogens is 887 g/mol. The summed E-state index contributed by atoms with van der Waals surface area (Å²) in [5.41, 5.74) is 0. The van der Waals surface area contributed by atoms with E-state index in [1.165, 1.54) is 250 Å². The molecule has 6 N–H and O–H groups in total. The number of hydrogen-bond donors (Lipinski definition) is 6. The van der Waals surface area contributed by atoms with Crippen molar-refractivity contribution in [2.24, 2.45) is 0 Å². The number of hydrogen-bond acceptors (Lipinski definition) is 8. The van der Waals surface area contributed by atoms with Crippen LogP contribution in [0.5, 0.6) is 0 Å². The van der Waals surface area contributed by atoms with E-state index >= 15 is 0 Å². The van der Waals surface area contributed by atoms with Crippen LogP contribution in [0, 0.1) is 0 Å². The number of unbranched alkanes of at least 4 members (excludes halogenated alkanes) is 42. The molecule has 7 atom stereocenters. The Kier molecular flexibility index (Phi) is 49.7. The molecule has 1 saturated heterocycles. The van der Waals surface area contributed by atoms with Crippen LogP contribution in [0.2, 0.25) is 0 Å². The average molecular weight is 1010 g/mol. The quantitative estimate of drug-likeness (QED) is 0.0261. The molecule has 0 aromatic rings. The minimum absolute atomic E-state index is 0.180. The number of allylic oxidation sites excluding steroid dienone is 3. The molecule has 1 rings (SSSR count). The molecule has 1 aliphatic rings. The molecule has 9 nitrogen and oxygen atoms in total. The van der Waals surface area contributed by atoms with Crippen LogP contribution in [0.4, 0.5) is 0 Å². The summed E-state index contributed by atoms with van der Waals surface area (Å²) in [6.45, 7) is 3.81. The summed E-state index contributed by atoms with van der Waals surface area (Å²) in [6, 6.07) is -0.819. The van der Waals surface area contributed by atoms with Crippen molar-refractivity contribution in [2.45, 2.75) is 352 Å². The SMILES string of the molecule is CCCCCCCCCCCCCCCCCCCCCC/C=C/CC/C=C/C(O)C(COC1OC(CO)C(O)C(O)C1O)NC(=O)CCCCCCCCCCCCCCCCCCCCCCCC. The van der Waals surface area contributed by atoms with E-state index < -0.39 is 49.5 Å². The van der Waals surface area contributed by atoms with Gasteiger partial charge in [0.2, 0.25) is 5.91 Å². The van der Waals surface area contributed by atoms with Crippen molar-refractivity contribution in [1.29, 1.82) is 0 Å². The Morgan fingerprint density at radius 2 is 0.803 bits per heavy atom. The van der Waals surface area contributed by atoms with E-state index in [0.717, 1.165) is 38.5 Å². The first-order chi connectivity index (χ1) is 34.8. The van der Waals surface area contributed by atoms with E-state index in [1.54, 1.807) is 6.08 Å². The lowest BCUT2D eigenvalue weighted by molar-refractivity contribution is -0.302. The molecule has 9 heteroatoms. The highest BCUT2D eigenvalue weighted by atomic mass is 16.7. The van der Waals surface area contributed by atoms with Gasteiger partial charge in [-0.1, -0.05) is 295 Å². The summed E-state index contributed by atoms with van der Waals surface area (Å²) in [5, 5.41) is 54.6. The predicted octanol–water partition coefficient (Wildman–Crippen LogP) is 15.7. The Bertz CT molecular complexity index is 1170. The minimum atomic E-state index is -1.57. The monoisotopic (exact) mass is 1010 g/mol. The van der Waals surface area contributed by atoms with Crippen molar-refractivity contribution in [3.8, 4) is 0 Å². The molecule has 71 heavy (non-hydrogen) atoms. The fourth-order valence-corrected chi connectivity index (χ4v) is 10.1. The Morgan fingerprint density at radius 1 is 0.465 bits per heavy atom. The lowest BCUT2D eigenvalue weighted by atomic mass is 9.99. The van der Waals surface area contributed by atoms with Gasteiger partial charge in [-0.05, 0) is 32.1 Å². The van der Waals surface area contributed by atoms with Crippen LogP contribution in [-0.2, 0) is 14.3 Å². The zero-order valence-corrected chi connectivity index (χ0v) is 46.8. The highest BCUT2D eigenvalue weighted by molar-refractivity contribution is 5.76. The molecule has 0 saturated carbocycles. The third-order valence-corrected chi connectivity index (χ3v) is 15.0. The highest BCUT2D eigenvalue weighted by Gasteiger charge is 2.44. The minimum Gasteiger partial charge on any atom is -0.394 e. The Labute approximate surface area is 439 Å². The zero-order chi connectivity index (χ0) is 51.5.